The summed E-state index contributed by atoms with van der Waals surface area (Å²) in [5, 5.41) is 9.52. The van der Waals surface area contributed by atoms with Gasteiger partial charge in [-0.1, -0.05) is 38.3 Å². The van der Waals surface area contributed by atoms with Crippen LogP contribution < -0.4 is 0 Å². The molecular weight excluding hydrogens is 286 g/mol. The van der Waals surface area contributed by atoms with Crippen LogP contribution in [-0.2, 0) is 10.0 Å². The van der Waals surface area contributed by atoms with Crippen LogP contribution in [0.5, 0.6) is 0 Å². The third-order valence-corrected chi connectivity index (χ3v) is 6.30. The molecule has 118 valence electrons. The molecule has 1 aromatic carbocycles. The second kappa shape index (κ2) is 6.90. The van der Waals surface area contributed by atoms with E-state index in [4.69, 9.17) is 0 Å². The van der Waals surface area contributed by atoms with Gasteiger partial charge in [-0.3, -0.25) is 0 Å². The van der Waals surface area contributed by atoms with Crippen LogP contribution in [-0.4, -0.2) is 30.4 Å². The molecule has 0 radical (unpaired) electrons. The van der Waals surface area contributed by atoms with Crippen molar-refractivity contribution in [2.45, 2.75) is 63.0 Å². The monoisotopic (exact) mass is 311 g/mol. The maximum Gasteiger partial charge on any atom is 0.243 e. The summed E-state index contributed by atoms with van der Waals surface area (Å²) in [6.45, 7) is 4.07. The van der Waals surface area contributed by atoms with Crippen molar-refractivity contribution in [3.05, 3.63) is 29.8 Å². The number of aliphatic hydroxyl groups is 1. The van der Waals surface area contributed by atoms with Crippen molar-refractivity contribution in [3.8, 4) is 0 Å². The Morgan fingerprint density at radius 2 is 1.76 bits per heavy atom. The Kier molecular flexibility index (Phi) is 5.41. The summed E-state index contributed by atoms with van der Waals surface area (Å²) < 4.78 is 27.3. The van der Waals surface area contributed by atoms with Crippen LogP contribution in [0.25, 0.3) is 0 Å². The molecule has 4 nitrogen and oxygen atoms in total. The Hall–Kier alpha value is -0.910. The highest BCUT2D eigenvalue weighted by molar-refractivity contribution is 7.89. The van der Waals surface area contributed by atoms with Gasteiger partial charge in [0.05, 0.1) is 11.0 Å². The van der Waals surface area contributed by atoms with Gasteiger partial charge in [0.25, 0.3) is 0 Å². The summed E-state index contributed by atoms with van der Waals surface area (Å²) in [6, 6.07) is 6.70. The number of rotatable bonds is 5. The zero-order valence-electron chi connectivity index (χ0n) is 12.8. The molecule has 1 aromatic rings. The lowest BCUT2D eigenvalue weighted by Gasteiger charge is -2.32. The zero-order chi connectivity index (χ0) is 15.5. The van der Waals surface area contributed by atoms with E-state index in [2.05, 4.69) is 0 Å². The molecule has 1 saturated carbocycles. The molecule has 1 fully saturated rings. The standard InChI is InChI=1S/C16H25NO3S/c1-3-17(15-7-5-4-6-8-15)21(19,20)16-11-9-14(10-12-16)13(2)18/h9-13,15,18H,3-8H2,1-2H3. The second-order valence-electron chi connectivity index (χ2n) is 5.75. The van der Waals surface area contributed by atoms with Gasteiger partial charge in [0.15, 0.2) is 0 Å². The number of hydrogen-bond donors (Lipinski definition) is 1. The highest BCUT2D eigenvalue weighted by atomic mass is 32.2. The van der Waals surface area contributed by atoms with Crippen LogP contribution in [0.4, 0.5) is 0 Å². The first-order chi connectivity index (χ1) is 9.96. The van der Waals surface area contributed by atoms with Crippen molar-refractivity contribution in [1.29, 1.82) is 0 Å². The maximum atomic E-state index is 12.8. The minimum atomic E-state index is -3.44. The van der Waals surface area contributed by atoms with Crippen LogP contribution in [0.1, 0.15) is 57.6 Å². The molecule has 0 heterocycles. The molecule has 0 aromatic heterocycles. The summed E-state index contributed by atoms with van der Waals surface area (Å²) in [4.78, 5) is 0.319. The number of sulfonamides is 1. The molecule has 1 aliphatic carbocycles. The Morgan fingerprint density at radius 3 is 2.24 bits per heavy atom. The predicted molar refractivity (Wildman–Crippen MR) is 83.5 cm³/mol. The fourth-order valence-corrected chi connectivity index (χ4v) is 4.74. The largest absolute Gasteiger partial charge is 0.389 e. The van der Waals surface area contributed by atoms with Gasteiger partial charge in [-0.05, 0) is 37.5 Å². The van der Waals surface area contributed by atoms with E-state index in [9.17, 15) is 13.5 Å². The molecule has 2 rings (SSSR count). The van der Waals surface area contributed by atoms with Crippen molar-refractivity contribution in [2.24, 2.45) is 0 Å². The van der Waals surface area contributed by atoms with Gasteiger partial charge < -0.3 is 5.11 Å². The average Bonchev–Trinajstić information content (AvgIpc) is 2.49. The van der Waals surface area contributed by atoms with E-state index in [1.807, 2.05) is 6.92 Å². The molecule has 1 unspecified atom stereocenters. The molecule has 21 heavy (non-hydrogen) atoms. The fraction of sp³-hybridized carbons (Fsp3) is 0.625. The summed E-state index contributed by atoms with van der Waals surface area (Å²) in [5.74, 6) is 0. The van der Waals surface area contributed by atoms with Gasteiger partial charge in [0.1, 0.15) is 0 Å². The number of benzene rings is 1. The Morgan fingerprint density at radius 1 is 1.19 bits per heavy atom. The SMILES string of the molecule is CCN(C1CCCCC1)S(=O)(=O)c1ccc(C(C)O)cc1. The fourth-order valence-electron chi connectivity index (χ4n) is 3.05. The van der Waals surface area contributed by atoms with Gasteiger partial charge in [-0.15, -0.1) is 0 Å². The maximum absolute atomic E-state index is 12.8. The molecule has 1 atom stereocenters. The first kappa shape index (κ1) is 16.5. The molecule has 0 aliphatic heterocycles. The van der Waals surface area contributed by atoms with Gasteiger partial charge in [0, 0.05) is 12.6 Å². The lowest BCUT2D eigenvalue weighted by Crippen LogP contribution is -2.41. The number of hydrogen-bond acceptors (Lipinski definition) is 3. The summed E-state index contributed by atoms with van der Waals surface area (Å²) >= 11 is 0. The molecule has 5 heteroatoms. The van der Waals surface area contributed by atoms with E-state index in [0.717, 1.165) is 31.2 Å². The number of aliphatic hydroxyl groups excluding tert-OH is 1. The van der Waals surface area contributed by atoms with E-state index in [1.54, 1.807) is 35.5 Å². The molecule has 1 N–H and O–H groups in total. The molecule has 1 aliphatic rings. The predicted octanol–water partition coefficient (Wildman–Crippen LogP) is 3.08. The van der Waals surface area contributed by atoms with Crippen LogP contribution in [0.2, 0.25) is 0 Å². The molecule has 0 saturated heterocycles. The average molecular weight is 311 g/mol. The topological polar surface area (TPSA) is 57.6 Å². The van der Waals surface area contributed by atoms with E-state index in [1.165, 1.54) is 6.42 Å². The van der Waals surface area contributed by atoms with E-state index in [-0.39, 0.29) is 6.04 Å². The molecular formula is C16H25NO3S. The van der Waals surface area contributed by atoms with Crippen molar-refractivity contribution in [1.82, 2.24) is 4.31 Å². The lowest BCUT2D eigenvalue weighted by atomic mass is 9.95. The molecule has 0 amide bonds. The Labute approximate surface area is 127 Å². The normalized spacial score (nSPS) is 18.9. The van der Waals surface area contributed by atoms with Crippen molar-refractivity contribution >= 4 is 10.0 Å². The van der Waals surface area contributed by atoms with Crippen LogP contribution in [0, 0.1) is 0 Å². The second-order valence-corrected chi connectivity index (χ2v) is 7.64. The first-order valence-electron chi connectivity index (χ1n) is 7.76. The molecule has 0 bridgehead atoms. The van der Waals surface area contributed by atoms with Crippen molar-refractivity contribution in [2.75, 3.05) is 6.54 Å². The van der Waals surface area contributed by atoms with E-state index < -0.39 is 16.1 Å². The summed E-state index contributed by atoms with van der Waals surface area (Å²) in [6.07, 6.45) is 4.76. The quantitative estimate of drug-likeness (QED) is 0.909. The minimum absolute atomic E-state index is 0.130. The lowest BCUT2D eigenvalue weighted by molar-refractivity contribution is 0.199. The van der Waals surface area contributed by atoms with Gasteiger partial charge >= 0.3 is 0 Å². The Balaban J connectivity index is 2.25. The smallest absolute Gasteiger partial charge is 0.243 e. The van der Waals surface area contributed by atoms with E-state index >= 15 is 0 Å². The van der Waals surface area contributed by atoms with Crippen LogP contribution in [0.15, 0.2) is 29.2 Å². The first-order valence-corrected chi connectivity index (χ1v) is 9.20. The molecule has 0 spiro atoms. The third kappa shape index (κ3) is 3.65. The third-order valence-electron chi connectivity index (χ3n) is 4.26. The van der Waals surface area contributed by atoms with Crippen molar-refractivity contribution in [3.63, 3.8) is 0 Å². The van der Waals surface area contributed by atoms with Crippen LogP contribution >= 0.6 is 0 Å². The van der Waals surface area contributed by atoms with Gasteiger partial charge in [0.2, 0.25) is 10.0 Å². The summed E-state index contributed by atoms with van der Waals surface area (Å²) in [7, 11) is -3.44. The minimum Gasteiger partial charge on any atom is -0.389 e. The van der Waals surface area contributed by atoms with Crippen LogP contribution in [0.3, 0.4) is 0 Å². The number of nitrogens with zero attached hydrogens (tertiary/aromatic N) is 1. The highest BCUT2D eigenvalue weighted by Crippen LogP contribution is 2.28. The van der Waals surface area contributed by atoms with E-state index in [0.29, 0.717) is 11.4 Å². The summed E-state index contributed by atoms with van der Waals surface area (Å²) in [5.41, 5.74) is 0.731. The van der Waals surface area contributed by atoms with Gasteiger partial charge in [-0.2, -0.15) is 4.31 Å². The highest BCUT2D eigenvalue weighted by Gasteiger charge is 2.30. The Bertz CT molecular complexity index is 545. The van der Waals surface area contributed by atoms with Crippen molar-refractivity contribution < 1.29 is 13.5 Å². The zero-order valence-corrected chi connectivity index (χ0v) is 13.6. The van der Waals surface area contributed by atoms with Gasteiger partial charge in [-0.25, -0.2) is 8.42 Å².